The molecule has 0 saturated heterocycles. The summed E-state index contributed by atoms with van der Waals surface area (Å²) in [6.45, 7) is 4.10. The van der Waals surface area contributed by atoms with Crippen LogP contribution in [-0.4, -0.2) is 12.3 Å². The van der Waals surface area contributed by atoms with Gasteiger partial charge in [0, 0.05) is 6.07 Å². The number of rotatable bonds is 5. The molecular formula is C17H16F4O3. The molecule has 2 rings (SSSR count). The van der Waals surface area contributed by atoms with Gasteiger partial charge in [-0.05, 0) is 24.3 Å². The summed E-state index contributed by atoms with van der Waals surface area (Å²) in [7, 11) is 0. The lowest BCUT2D eigenvalue weighted by Crippen LogP contribution is -2.23. The zero-order chi connectivity index (χ0) is 18.3. The fourth-order valence-electron chi connectivity index (χ4n) is 2.75. The number of allylic oxidation sites excluding steroid dienone is 1. The molecule has 7 heteroatoms. The highest BCUT2D eigenvalue weighted by atomic mass is 19.2. The van der Waals surface area contributed by atoms with Crippen LogP contribution >= 0.6 is 0 Å². The number of ether oxygens (including phenoxy) is 1. The maximum absolute atomic E-state index is 13.6. The van der Waals surface area contributed by atoms with Crippen molar-refractivity contribution in [2.24, 2.45) is 10.8 Å². The van der Waals surface area contributed by atoms with Crippen LogP contribution in [0.5, 0.6) is 0 Å². The summed E-state index contributed by atoms with van der Waals surface area (Å²) in [6.07, 6.45) is 2.40. The Morgan fingerprint density at radius 3 is 2.12 bits per heavy atom. The first-order valence-corrected chi connectivity index (χ1v) is 7.19. The Kier molecular flexibility index (Phi) is 4.57. The average Bonchev–Trinajstić information content (AvgIpc) is 3.07. The molecule has 0 spiro atoms. The molecule has 130 valence electrons. The predicted molar refractivity (Wildman–Crippen MR) is 76.7 cm³/mol. The third kappa shape index (κ3) is 2.95. The molecule has 1 aromatic carbocycles. The molecular weight excluding hydrogens is 328 g/mol. The van der Waals surface area contributed by atoms with Crippen molar-refractivity contribution in [2.75, 3.05) is 0 Å². The quantitative estimate of drug-likeness (QED) is 0.268. The molecule has 1 aliphatic carbocycles. The van der Waals surface area contributed by atoms with Crippen molar-refractivity contribution >= 4 is 12.3 Å². The van der Waals surface area contributed by atoms with Gasteiger partial charge in [0.1, 0.15) is 12.9 Å². The van der Waals surface area contributed by atoms with Gasteiger partial charge in [-0.2, -0.15) is 0 Å². The minimum absolute atomic E-state index is 0.0810. The number of aldehydes is 1. The molecule has 0 heterocycles. The Morgan fingerprint density at radius 2 is 1.71 bits per heavy atom. The maximum atomic E-state index is 13.6. The number of carbonyl (C=O) groups excluding carboxylic acids is 2. The highest BCUT2D eigenvalue weighted by Gasteiger charge is 2.66. The van der Waals surface area contributed by atoms with E-state index in [9.17, 15) is 27.2 Å². The minimum atomic E-state index is -1.61. The lowest BCUT2D eigenvalue weighted by Gasteiger charge is -2.16. The summed E-state index contributed by atoms with van der Waals surface area (Å²) in [5, 5.41) is 0. The van der Waals surface area contributed by atoms with Crippen molar-refractivity contribution < 1.29 is 31.9 Å². The first-order valence-electron chi connectivity index (χ1n) is 7.19. The van der Waals surface area contributed by atoms with E-state index in [1.807, 2.05) is 0 Å². The number of benzene rings is 1. The van der Waals surface area contributed by atoms with Crippen molar-refractivity contribution in [2.45, 2.75) is 33.8 Å². The molecule has 1 unspecified atom stereocenters. The van der Waals surface area contributed by atoms with Crippen LogP contribution < -0.4 is 0 Å². The Hall–Kier alpha value is -2.18. The molecule has 24 heavy (non-hydrogen) atoms. The number of halogens is 4. The molecule has 0 N–H and O–H groups in total. The summed E-state index contributed by atoms with van der Waals surface area (Å²) in [5.41, 5.74) is -2.28. The molecule has 0 aliphatic heterocycles. The van der Waals surface area contributed by atoms with Crippen molar-refractivity contribution in [1.82, 2.24) is 0 Å². The molecule has 1 aromatic rings. The van der Waals surface area contributed by atoms with Gasteiger partial charge in [0.05, 0.1) is 11.0 Å². The summed E-state index contributed by atoms with van der Waals surface area (Å²) < 4.78 is 58.4. The van der Waals surface area contributed by atoms with Gasteiger partial charge in [-0.1, -0.05) is 19.9 Å². The van der Waals surface area contributed by atoms with Gasteiger partial charge in [0.15, 0.2) is 23.3 Å². The first kappa shape index (κ1) is 18.2. The highest BCUT2D eigenvalue weighted by molar-refractivity contribution is 5.86. The van der Waals surface area contributed by atoms with E-state index in [2.05, 4.69) is 0 Å². The standard InChI is InChI=1S/C17H16F4O3/c1-9(6-22)5-17(8-16(17,2)3)15(23)24-7-10-13(20)11(18)4-12(19)14(10)21/h4-6H,7-8H2,1-3H3/b9-5+. The van der Waals surface area contributed by atoms with Crippen LogP contribution in [0.1, 0.15) is 32.8 Å². The van der Waals surface area contributed by atoms with Crippen LogP contribution in [0.15, 0.2) is 17.7 Å². The number of carbonyl (C=O) groups is 2. The number of esters is 1. The van der Waals surface area contributed by atoms with E-state index >= 15 is 0 Å². The number of hydrogen-bond acceptors (Lipinski definition) is 3. The molecule has 0 amide bonds. The van der Waals surface area contributed by atoms with E-state index in [1.165, 1.54) is 13.0 Å². The zero-order valence-corrected chi connectivity index (χ0v) is 13.4. The van der Waals surface area contributed by atoms with Crippen molar-refractivity contribution in [3.8, 4) is 0 Å². The first-order chi connectivity index (χ1) is 11.1. The van der Waals surface area contributed by atoms with Gasteiger partial charge < -0.3 is 4.74 Å². The molecule has 0 bridgehead atoms. The molecule has 0 radical (unpaired) electrons. The Morgan fingerprint density at radius 1 is 1.21 bits per heavy atom. The van der Waals surface area contributed by atoms with Crippen molar-refractivity contribution in [3.63, 3.8) is 0 Å². The largest absolute Gasteiger partial charge is 0.460 e. The molecule has 1 atom stereocenters. The Balaban J connectivity index is 2.24. The molecule has 1 aliphatic rings. The molecule has 0 aromatic heterocycles. The lowest BCUT2D eigenvalue weighted by molar-refractivity contribution is -0.151. The second-order valence-corrected chi connectivity index (χ2v) is 6.56. The van der Waals surface area contributed by atoms with E-state index in [0.717, 1.165) is 0 Å². The van der Waals surface area contributed by atoms with Gasteiger partial charge >= 0.3 is 5.97 Å². The van der Waals surface area contributed by atoms with Gasteiger partial charge in [-0.15, -0.1) is 0 Å². The normalized spacial score (nSPS) is 22.2. The van der Waals surface area contributed by atoms with E-state index < -0.39 is 52.2 Å². The number of hydrogen-bond donors (Lipinski definition) is 0. The predicted octanol–water partition coefficient (Wildman–Crippen LogP) is 3.85. The third-order valence-corrected chi connectivity index (χ3v) is 4.38. The molecule has 1 saturated carbocycles. The minimum Gasteiger partial charge on any atom is -0.460 e. The van der Waals surface area contributed by atoms with E-state index in [-0.39, 0.29) is 6.07 Å². The van der Waals surface area contributed by atoms with Crippen LogP contribution in [0.4, 0.5) is 17.6 Å². The van der Waals surface area contributed by atoms with Crippen molar-refractivity contribution in [1.29, 1.82) is 0 Å². The zero-order valence-electron chi connectivity index (χ0n) is 13.4. The van der Waals surface area contributed by atoms with Gasteiger partial charge in [-0.3, -0.25) is 9.59 Å². The van der Waals surface area contributed by atoms with Crippen LogP contribution in [-0.2, 0) is 20.9 Å². The lowest BCUT2D eigenvalue weighted by atomic mass is 9.93. The smallest absolute Gasteiger partial charge is 0.316 e. The van der Waals surface area contributed by atoms with Gasteiger partial charge in [0.25, 0.3) is 0 Å². The second kappa shape index (κ2) is 6.03. The van der Waals surface area contributed by atoms with Crippen LogP contribution in [0.3, 0.4) is 0 Å². The Labute approximate surface area is 136 Å². The third-order valence-electron chi connectivity index (χ3n) is 4.38. The van der Waals surface area contributed by atoms with Gasteiger partial charge in [0.2, 0.25) is 0 Å². The SMILES string of the molecule is C/C(C=O)=C\C1(C(=O)OCc2c(F)c(F)cc(F)c2F)CC1(C)C. The van der Waals surface area contributed by atoms with Crippen molar-refractivity contribution in [3.05, 3.63) is 46.5 Å². The summed E-state index contributed by atoms with van der Waals surface area (Å²) >= 11 is 0. The molecule has 1 fully saturated rings. The van der Waals surface area contributed by atoms with Crippen LogP contribution in [0, 0.1) is 34.1 Å². The Bertz CT molecular complexity index is 714. The summed E-state index contributed by atoms with van der Waals surface area (Å²) in [4.78, 5) is 23.1. The van der Waals surface area contributed by atoms with E-state index in [1.54, 1.807) is 13.8 Å². The van der Waals surface area contributed by atoms with E-state index in [0.29, 0.717) is 18.3 Å². The van der Waals surface area contributed by atoms with Crippen LogP contribution in [0.2, 0.25) is 0 Å². The maximum Gasteiger partial charge on any atom is 0.316 e. The van der Waals surface area contributed by atoms with E-state index in [4.69, 9.17) is 4.74 Å². The topological polar surface area (TPSA) is 43.4 Å². The summed E-state index contributed by atoms with van der Waals surface area (Å²) in [6, 6.07) is 0.0810. The monoisotopic (exact) mass is 344 g/mol. The molecule has 3 nitrogen and oxygen atoms in total. The van der Waals surface area contributed by atoms with Crippen LogP contribution in [0.25, 0.3) is 0 Å². The fourth-order valence-corrected chi connectivity index (χ4v) is 2.75. The fraction of sp³-hybridized carbons (Fsp3) is 0.412. The summed E-state index contributed by atoms with van der Waals surface area (Å²) in [5.74, 6) is -7.16. The average molecular weight is 344 g/mol. The second-order valence-electron chi connectivity index (χ2n) is 6.56. The van der Waals surface area contributed by atoms with Gasteiger partial charge in [-0.25, -0.2) is 17.6 Å². The highest BCUT2D eigenvalue weighted by Crippen LogP contribution is 2.65.